The molecule has 1 unspecified atom stereocenters. The lowest BCUT2D eigenvalue weighted by Crippen LogP contribution is -2.23. The van der Waals surface area contributed by atoms with Gasteiger partial charge in [0.1, 0.15) is 0 Å². The topological polar surface area (TPSA) is 15.7 Å². The lowest BCUT2D eigenvalue weighted by molar-refractivity contribution is 0.191. The van der Waals surface area contributed by atoms with E-state index >= 15 is 0 Å². The first kappa shape index (κ1) is 22.9. The van der Waals surface area contributed by atoms with Crippen molar-refractivity contribution >= 4 is 30.0 Å². The molecule has 0 saturated heterocycles. The average Bonchev–Trinajstić information content (AvgIpc) is 3.24. The Hall–Kier alpha value is -2.87. The minimum absolute atomic E-state index is 0.102. The lowest BCUT2D eigenvalue weighted by Gasteiger charge is -2.36. The third-order valence-electron chi connectivity index (χ3n) is 6.30. The van der Waals surface area contributed by atoms with Crippen LogP contribution < -0.4 is 0 Å². The Morgan fingerprint density at radius 2 is 1.38 bits per heavy atom. The van der Waals surface area contributed by atoms with Crippen molar-refractivity contribution in [3.63, 3.8) is 0 Å². The van der Waals surface area contributed by atoms with Gasteiger partial charge in [-0.1, -0.05) is 106 Å². The molecule has 34 heavy (non-hydrogen) atoms. The van der Waals surface area contributed by atoms with Gasteiger partial charge in [0.2, 0.25) is 8.45 Å². The van der Waals surface area contributed by atoms with E-state index in [-0.39, 0.29) is 11.5 Å². The zero-order valence-corrected chi connectivity index (χ0v) is 21.4. The van der Waals surface area contributed by atoms with Crippen molar-refractivity contribution in [3.05, 3.63) is 108 Å². The molecule has 0 aliphatic carbocycles. The molecule has 0 radical (unpaired) electrons. The molecule has 0 bridgehead atoms. The fraction of sp³-hybridized carbons (Fsp3) is 0.267. The Kier molecular flexibility index (Phi) is 6.34. The van der Waals surface area contributed by atoms with E-state index in [2.05, 4.69) is 134 Å². The van der Waals surface area contributed by atoms with Crippen LogP contribution in [0.5, 0.6) is 0 Å². The van der Waals surface area contributed by atoms with Crippen LogP contribution in [0, 0.1) is 5.41 Å². The summed E-state index contributed by atoms with van der Waals surface area (Å²) in [4.78, 5) is 0. The fourth-order valence-corrected chi connectivity index (χ4v) is 6.63. The van der Waals surface area contributed by atoms with Crippen molar-refractivity contribution in [3.8, 4) is 0 Å². The van der Waals surface area contributed by atoms with Crippen molar-refractivity contribution in [1.82, 2.24) is 9.34 Å². The summed E-state index contributed by atoms with van der Waals surface area (Å²) in [5, 5.41) is 5.18. The Morgan fingerprint density at radius 1 is 0.765 bits per heavy atom. The van der Waals surface area contributed by atoms with Crippen LogP contribution in [0.15, 0.2) is 97.3 Å². The number of rotatable bonds is 6. The first-order chi connectivity index (χ1) is 16.4. The Labute approximate surface area is 204 Å². The number of fused-ring (bicyclic) bond motifs is 2. The largest absolute Gasteiger partial charge is 0.322 e. The van der Waals surface area contributed by atoms with Gasteiger partial charge in [0.15, 0.2) is 0 Å². The van der Waals surface area contributed by atoms with E-state index in [1.54, 1.807) is 0 Å². The summed E-state index contributed by atoms with van der Waals surface area (Å²) in [5.41, 5.74) is 2.76. The Morgan fingerprint density at radius 3 is 2.12 bits per heavy atom. The van der Waals surface area contributed by atoms with Gasteiger partial charge in [-0.2, -0.15) is 0 Å². The molecule has 174 valence electrons. The van der Waals surface area contributed by atoms with Gasteiger partial charge in [-0.25, -0.2) is 0 Å². The molecule has 0 amide bonds. The van der Waals surface area contributed by atoms with Crippen LogP contribution in [0.25, 0.3) is 21.5 Å². The van der Waals surface area contributed by atoms with E-state index in [0.29, 0.717) is 6.61 Å². The molecular formula is C30H33N2OP. The second-order valence-corrected chi connectivity index (χ2v) is 12.0. The van der Waals surface area contributed by atoms with Crippen LogP contribution in [0.4, 0.5) is 0 Å². The van der Waals surface area contributed by atoms with Crippen molar-refractivity contribution in [2.24, 2.45) is 5.41 Å². The van der Waals surface area contributed by atoms with Crippen molar-refractivity contribution in [1.29, 1.82) is 0 Å². The molecule has 0 spiro atoms. The molecule has 0 fully saturated rings. The van der Waals surface area contributed by atoms with Crippen LogP contribution in [-0.2, 0) is 11.1 Å². The molecule has 1 aliphatic heterocycles. The first-order valence-corrected chi connectivity index (χ1v) is 13.2. The molecule has 4 heteroatoms. The molecular weight excluding hydrogens is 435 g/mol. The highest BCUT2D eigenvalue weighted by Gasteiger charge is 2.34. The minimum Gasteiger partial charge on any atom is -0.322 e. The monoisotopic (exact) mass is 468 g/mol. The highest BCUT2D eigenvalue weighted by molar-refractivity contribution is 7.47. The lowest BCUT2D eigenvalue weighted by atomic mass is 9.99. The van der Waals surface area contributed by atoms with Gasteiger partial charge in [-0.05, 0) is 45.0 Å². The normalized spacial score (nSPS) is 17.1. The van der Waals surface area contributed by atoms with Gasteiger partial charge in [0.25, 0.3) is 0 Å². The summed E-state index contributed by atoms with van der Waals surface area (Å²) in [6, 6.07) is 30.7. The van der Waals surface area contributed by atoms with Crippen molar-refractivity contribution < 1.29 is 4.52 Å². The van der Waals surface area contributed by atoms with Crippen LogP contribution in [0.2, 0.25) is 0 Å². The average molecular weight is 469 g/mol. The molecule has 2 atom stereocenters. The summed E-state index contributed by atoms with van der Waals surface area (Å²) in [6.45, 7) is 10.5. The first-order valence-electron chi connectivity index (χ1n) is 12.0. The number of hydrogen-bond donors (Lipinski definition) is 0. The smallest absolute Gasteiger partial charge is 0.248 e. The van der Waals surface area contributed by atoms with E-state index in [1.165, 1.54) is 32.7 Å². The predicted molar refractivity (Wildman–Crippen MR) is 145 cm³/mol. The highest BCUT2D eigenvalue weighted by atomic mass is 31.2. The van der Waals surface area contributed by atoms with Crippen LogP contribution in [0.3, 0.4) is 0 Å². The quantitative estimate of drug-likeness (QED) is 0.263. The molecule has 0 saturated carbocycles. The van der Waals surface area contributed by atoms with E-state index in [0.717, 1.165) is 6.54 Å². The Bertz CT molecular complexity index is 1320. The maximum absolute atomic E-state index is 6.69. The molecule has 4 aromatic carbocycles. The van der Waals surface area contributed by atoms with Gasteiger partial charge in [-0.3, -0.25) is 0 Å². The van der Waals surface area contributed by atoms with E-state index in [4.69, 9.17) is 4.52 Å². The summed E-state index contributed by atoms with van der Waals surface area (Å²) in [5.74, 6) is 0. The van der Waals surface area contributed by atoms with E-state index in [9.17, 15) is 0 Å². The fourth-order valence-electron chi connectivity index (χ4n) is 4.54. The molecule has 1 heterocycles. The minimum atomic E-state index is -0.978. The zero-order valence-electron chi connectivity index (χ0n) is 20.5. The molecule has 3 nitrogen and oxygen atoms in total. The maximum Gasteiger partial charge on any atom is 0.248 e. The third kappa shape index (κ3) is 4.69. The van der Waals surface area contributed by atoms with Gasteiger partial charge in [0.05, 0.1) is 19.2 Å². The summed E-state index contributed by atoms with van der Waals surface area (Å²) >= 11 is 0. The standard InChI is InChI=1S/C30H33N2OP/c1-23(27-18-10-14-25-12-6-8-17-29(25)27)32-20-19-31(34(32)33-22-30(2,3)4)21-26-15-9-13-24-11-5-7-16-28(24)26/h5-20,23H,21-22H2,1-4H3/t23-,34?/m1/s1. The second kappa shape index (κ2) is 9.41. The Balaban J connectivity index is 1.47. The van der Waals surface area contributed by atoms with Crippen LogP contribution in [-0.4, -0.2) is 15.9 Å². The van der Waals surface area contributed by atoms with Gasteiger partial charge >= 0.3 is 0 Å². The van der Waals surface area contributed by atoms with Crippen LogP contribution >= 0.6 is 8.45 Å². The summed E-state index contributed by atoms with van der Waals surface area (Å²) in [6.07, 6.45) is 4.45. The van der Waals surface area contributed by atoms with Crippen molar-refractivity contribution in [2.45, 2.75) is 40.3 Å². The highest BCUT2D eigenvalue weighted by Crippen LogP contribution is 2.56. The third-order valence-corrected chi connectivity index (χ3v) is 8.25. The SMILES string of the molecule is C[C@H](c1cccc2ccccc12)N1C=CN(Cc2cccc3ccccc23)P1OCC(C)(C)C. The van der Waals surface area contributed by atoms with Crippen LogP contribution in [0.1, 0.15) is 44.9 Å². The summed E-state index contributed by atoms with van der Waals surface area (Å²) < 4.78 is 11.5. The molecule has 0 N–H and O–H groups in total. The number of nitrogens with zero attached hydrogens (tertiary/aromatic N) is 2. The number of hydrogen-bond acceptors (Lipinski definition) is 3. The number of benzene rings is 4. The second-order valence-electron chi connectivity index (χ2n) is 10.2. The maximum atomic E-state index is 6.69. The molecule has 4 aromatic rings. The predicted octanol–water partition coefficient (Wildman–Crippen LogP) is 8.63. The molecule has 5 rings (SSSR count). The van der Waals surface area contributed by atoms with Gasteiger partial charge in [0, 0.05) is 12.4 Å². The molecule has 0 aromatic heterocycles. The summed E-state index contributed by atoms with van der Waals surface area (Å²) in [7, 11) is -0.978. The van der Waals surface area contributed by atoms with E-state index in [1.807, 2.05) is 0 Å². The zero-order chi connectivity index (χ0) is 23.7. The molecule has 1 aliphatic rings. The van der Waals surface area contributed by atoms with Gasteiger partial charge < -0.3 is 13.9 Å². The van der Waals surface area contributed by atoms with Crippen molar-refractivity contribution in [2.75, 3.05) is 6.61 Å². The van der Waals surface area contributed by atoms with E-state index < -0.39 is 8.45 Å². The van der Waals surface area contributed by atoms with Gasteiger partial charge in [-0.15, -0.1) is 0 Å².